The van der Waals surface area contributed by atoms with Crippen molar-refractivity contribution < 1.29 is 9.53 Å². The third-order valence-corrected chi connectivity index (χ3v) is 2.00. The van der Waals surface area contributed by atoms with Gasteiger partial charge in [0, 0.05) is 18.8 Å². The Hall–Kier alpha value is -2.38. The average Bonchev–Trinajstić information content (AvgIpc) is 2.85. The highest BCUT2D eigenvalue weighted by molar-refractivity contribution is 5.69. The molecule has 0 saturated carbocycles. The SMILES string of the molecule is Cn1cc(COC(=O)Cn2cnc(N)n2)cn1. The summed E-state index contributed by atoms with van der Waals surface area (Å²) in [5, 5.41) is 7.74. The van der Waals surface area contributed by atoms with Gasteiger partial charge in [-0.1, -0.05) is 0 Å². The predicted octanol–water partition coefficient (Wildman–Crippen LogP) is -0.663. The number of nitrogen functional groups attached to an aromatic ring is 1. The Kier molecular flexibility index (Phi) is 3.03. The molecule has 8 nitrogen and oxygen atoms in total. The van der Waals surface area contributed by atoms with Crippen molar-refractivity contribution >= 4 is 11.9 Å². The molecular formula is C9H12N6O2. The van der Waals surface area contributed by atoms with Gasteiger partial charge in [0.1, 0.15) is 19.5 Å². The second kappa shape index (κ2) is 4.64. The maximum atomic E-state index is 11.4. The molecule has 0 aliphatic rings. The molecule has 8 heteroatoms. The van der Waals surface area contributed by atoms with Crippen LogP contribution >= 0.6 is 0 Å². The molecule has 2 rings (SSSR count). The van der Waals surface area contributed by atoms with E-state index in [1.54, 1.807) is 24.1 Å². The standard InChI is InChI=1S/C9H12N6O2/c1-14-3-7(2-12-14)5-17-8(16)4-15-6-11-9(10)13-15/h2-3,6H,4-5H2,1H3,(H2,10,13). The van der Waals surface area contributed by atoms with E-state index in [0.717, 1.165) is 5.56 Å². The molecule has 2 aromatic rings. The smallest absolute Gasteiger partial charge is 0.328 e. The Morgan fingerprint density at radius 2 is 2.41 bits per heavy atom. The van der Waals surface area contributed by atoms with Gasteiger partial charge in [-0.25, -0.2) is 9.67 Å². The Balaban J connectivity index is 1.82. The maximum Gasteiger partial charge on any atom is 0.328 e. The van der Waals surface area contributed by atoms with E-state index >= 15 is 0 Å². The summed E-state index contributed by atoms with van der Waals surface area (Å²) in [6, 6.07) is 0. The van der Waals surface area contributed by atoms with Crippen molar-refractivity contribution in [3.63, 3.8) is 0 Å². The summed E-state index contributed by atoms with van der Waals surface area (Å²) in [4.78, 5) is 15.1. The van der Waals surface area contributed by atoms with Crippen LogP contribution in [0.4, 0.5) is 5.95 Å². The van der Waals surface area contributed by atoms with E-state index in [9.17, 15) is 4.79 Å². The van der Waals surface area contributed by atoms with Crippen LogP contribution < -0.4 is 5.73 Å². The minimum Gasteiger partial charge on any atom is -0.459 e. The third-order valence-electron chi connectivity index (χ3n) is 2.00. The van der Waals surface area contributed by atoms with Crippen LogP contribution in [0.2, 0.25) is 0 Å². The first kappa shape index (κ1) is 11.1. The first-order valence-electron chi connectivity index (χ1n) is 4.91. The van der Waals surface area contributed by atoms with Crippen LogP contribution in [-0.4, -0.2) is 30.5 Å². The molecule has 0 fully saturated rings. The summed E-state index contributed by atoms with van der Waals surface area (Å²) in [6.45, 7) is 0.182. The molecule has 0 spiro atoms. The summed E-state index contributed by atoms with van der Waals surface area (Å²) in [6.07, 6.45) is 4.79. The molecule has 17 heavy (non-hydrogen) atoms. The number of rotatable bonds is 4. The summed E-state index contributed by atoms with van der Waals surface area (Å²) in [5.74, 6) is -0.274. The van der Waals surface area contributed by atoms with Crippen molar-refractivity contribution in [1.82, 2.24) is 24.5 Å². The Labute approximate surface area is 97.0 Å². The van der Waals surface area contributed by atoms with E-state index in [-0.39, 0.29) is 19.1 Å². The van der Waals surface area contributed by atoms with Crippen LogP contribution in [0.3, 0.4) is 0 Å². The van der Waals surface area contributed by atoms with Gasteiger partial charge in [0.25, 0.3) is 0 Å². The fourth-order valence-electron chi connectivity index (χ4n) is 1.27. The van der Waals surface area contributed by atoms with Crippen molar-refractivity contribution in [3.8, 4) is 0 Å². The van der Waals surface area contributed by atoms with E-state index in [4.69, 9.17) is 10.5 Å². The van der Waals surface area contributed by atoms with E-state index in [2.05, 4.69) is 15.2 Å². The van der Waals surface area contributed by atoms with Gasteiger partial charge in [-0.2, -0.15) is 5.10 Å². The number of carbonyl (C=O) groups is 1. The number of anilines is 1. The third kappa shape index (κ3) is 3.03. The fraction of sp³-hybridized carbons (Fsp3) is 0.333. The predicted molar refractivity (Wildman–Crippen MR) is 57.4 cm³/mol. The number of nitrogens with zero attached hydrogens (tertiary/aromatic N) is 5. The molecule has 0 amide bonds. The zero-order valence-corrected chi connectivity index (χ0v) is 9.28. The highest BCUT2D eigenvalue weighted by Gasteiger charge is 2.07. The first-order chi connectivity index (χ1) is 8.13. The van der Waals surface area contributed by atoms with Crippen molar-refractivity contribution in [2.45, 2.75) is 13.2 Å². The van der Waals surface area contributed by atoms with Crippen LogP contribution in [0.25, 0.3) is 0 Å². The van der Waals surface area contributed by atoms with E-state index in [1.165, 1.54) is 11.0 Å². The molecule has 2 aromatic heterocycles. The number of hydrogen-bond acceptors (Lipinski definition) is 6. The van der Waals surface area contributed by atoms with Crippen LogP contribution in [0.15, 0.2) is 18.7 Å². The molecule has 0 bridgehead atoms. The lowest BCUT2D eigenvalue weighted by Gasteiger charge is -2.02. The number of carbonyl (C=O) groups excluding carboxylic acids is 1. The first-order valence-corrected chi connectivity index (χ1v) is 4.91. The minimum atomic E-state index is -0.404. The lowest BCUT2D eigenvalue weighted by Crippen LogP contribution is -2.14. The van der Waals surface area contributed by atoms with Gasteiger partial charge in [0.05, 0.1) is 6.20 Å². The zero-order valence-electron chi connectivity index (χ0n) is 9.28. The lowest BCUT2D eigenvalue weighted by atomic mass is 10.4. The molecule has 0 atom stereocenters. The van der Waals surface area contributed by atoms with Gasteiger partial charge in [0.2, 0.25) is 5.95 Å². The van der Waals surface area contributed by atoms with Gasteiger partial charge in [-0.3, -0.25) is 9.48 Å². The van der Waals surface area contributed by atoms with Crippen LogP contribution in [0, 0.1) is 0 Å². The highest BCUT2D eigenvalue weighted by atomic mass is 16.5. The molecule has 2 heterocycles. The Morgan fingerprint density at radius 1 is 1.59 bits per heavy atom. The molecular weight excluding hydrogens is 224 g/mol. The fourth-order valence-corrected chi connectivity index (χ4v) is 1.27. The topological polar surface area (TPSA) is 101 Å². The number of aryl methyl sites for hydroxylation is 1. The number of aromatic nitrogens is 5. The monoisotopic (exact) mass is 236 g/mol. The Morgan fingerprint density at radius 3 is 3.00 bits per heavy atom. The van der Waals surface area contributed by atoms with Gasteiger partial charge in [-0.05, 0) is 0 Å². The van der Waals surface area contributed by atoms with Crippen LogP contribution in [-0.2, 0) is 29.7 Å². The van der Waals surface area contributed by atoms with Gasteiger partial charge >= 0.3 is 5.97 Å². The number of hydrogen-bond donors (Lipinski definition) is 1. The minimum absolute atomic E-state index is 0.00946. The number of ether oxygens (including phenoxy) is 1. The normalized spacial score (nSPS) is 10.4. The van der Waals surface area contributed by atoms with Crippen LogP contribution in [0.5, 0.6) is 0 Å². The summed E-state index contributed by atoms with van der Waals surface area (Å²) < 4.78 is 7.99. The zero-order chi connectivity index (χ0) is 12.3. The number of nitrogens with two attached hydrogens (primary N) is 1. The summed E-state index contributed by atoms with van der Waals surface area (Å²) >= 11 is 0. The summed E-state index contributed by atoms with van der Waals surface area (Å²) in [5.41, 5.74) is 6.15. The maximum absolute atomic E-state index is 11.4. The van der Waals surface area contributed by atoms with E-state index < -0.39 is 5.97 Å². The van der Waals surface area contributed by atoms with Crippen LogP contribution in [0.1, 0.15) is 5.56 Å². The molecule has 0 aliphatic heterocycles. The molecule has 0 saturated heterocycles. The van der Waals surface area contributed by atoms with E-state index in [1.807, 2.05) is 0 Å². The molecule has 90 valence electrons. The molecule has 2 N–H and O–H groups in total. The summed E-state index contributed by atoms with van der Waals surface area (Å²) in [7, 11) is 1.80. The molecule has 0 aliphatic carbocycles. The Bertz CT molecular complexity index is 517. The van der Waals surface area contributed by atoms with Crippen molar-refractivity contribution in [2.24, 2.45) is 7.05 Å². The van der Waals surface area contributed by atoms with Gasteiger partial charge in [0.15, 0.2) is 0 Å². The van der Waals surface area contributed by atoms with Crippen molar-refractivity contribution in [1.29, 1.82) is 0 Å². The largest absolute Gasteiger partial charge is 0.459 e. The highest BCUT2D eigenvalue weighted by Crippen LogP contribution is 2.00. The average molecular weight is 236 g/mol. The number of esters is 1. The second-order valence-corrected chi connectivity index (χ2v) is 3.48. The molecule has 0 unspecified atom stereocenters. The molecule has 0 radical (unpaired) electrons. The van der Waals surface area contributed by atoms with Crippen molar-refractivity contribution in [3.05, 3.63) is 24.3 Å². The van der Waals surface area contributed by atoms with E-state index in [0.29, 0.717) is 0 Å². The molecule has 0 aromatic carbocycles. The lowest BCUT2D eigenvalue weighted by molar-refractivity contribution is -0.145. The van der Waals surface area contributed by atoms with Gasteiger partial charge in [-0.15, -0.1) is 5.10 Å². The van der Waals surface area contributed by atoms with Gasteiger partial charge < -0.3 is 10.5 Å². The second-order valence-electron chi connectivity index (χ2n) is 3.48. The van der Waals surface area contributed by atoms with Crippen molar-refractivity contribution in [2.75, 3.05) is 5.73 Å². The quantitative estimate of drug-likeness (QED) is 0.707.